The molecule has 2 aromatic carbocycles. The molecule has 0 amide bonds. The normalized spacial score (nSPS) is 16.7. The summed E-state index contributed by atoms with van der Waals surface area (Å²) in [5, 5.41) is 25.3. The Balaban J connectivity index is 2.09. The minimum Gasteiger partial charge on any atom is -0.508 e. The van der Waals surface area contributed by atoms with Gasteiger partial charge in [0.1, 0.15) is 23.1 Å². The molecular weight excluding hydrogens is 308 g/mol. The van der Waals surface area contributed by atoms with Crippen LogP contribution in [0.15, 0.2) is 58.6 Å². The van der Waals surface area contributed by atoms with Gasteiger partial charge in [-0.25, -0.2) is 0 Å². The molecule has 0 fully saturated rings. The maximum absolute atomic E-state index is 9.88. The van der Waals surface area contributed by atoms with Crippen molar-refractivity contribution >= 4 is 22.1 Å². The lowest BCUT2D eigenvalue weighted by atomic mass is 9.82. The van der Waals surface area contributed by atoms with E-state index in [-0.39, 0.29) is 17.6 Å². The molecule has 1 aliphatic rings. The third kappa shape index (κ3) is 2.04. The molecule has 1 aromatic heterocycles. The summed E-state index contributed by atoms with van der Waals surface area (Å²) in [6, 6.07) is 13.1. The van der Waals surface area contributed by atoms with Crippen LogP contribution in [-0.4, -0.2) is 5.11 Å². The van der Waals surface area contributed by atoms with Gasteiger partial charge in [0.25, 0.3) is 0 Å². The fourth-order valence-electron chi connectivity index (χ4n) is 3.05. The summed E-state index contributed by atoms with van der Waals surface area (Å²) >= 11 is 1.57. The van der Waals surface area contributed by atoms with Crippen molar-refractivity contribution in [2.45, 2.75) is 5.92 Å². The van der Waals surface area contributed by atoms with Gasteiger partial charge in [0, 0.05) is 5.56 Å². The monoisotopic (exact) mass is 320 g/mol. The van der Waals surface area contributed by atoms with Gasteiger partial charge in [-0.05, 0) is 51.4 Å². The Labute approximate surface area is 136 Å². The zero-order chi connectivity index (χ0) is 16.0. The predicted molar refractivity (Wildman–Crippen MR) is 89.2 cm³/mol. The van der Waals surface area contributed by atoms with E-state index in [1.54, 1.807) is 23.5 Å². The molecule has 0 unspecified atom stereocenters. The zero-order valence-corrected chi connectivity index (χ0v) is 12.8. The van der Waals surface area contributed by atoms with Crippen LogP contribution in [0, 0.1) is 11.3 Å². The average molecular weight is 320 g/mol. The van der Waals surface area contributed by atoms with Crippen LogP contribution in [0.2, 0.25) is 0 Å². The fourth-order valence-corrected chi connectivity index (χ4v) is 3.74. The lowest BCUT2D eigenvalue weighted by molar-refractivity contribution is 0.395. The molecule has 23 heavy (non-hydrogen) atoms. The molecule has 0 spiro atoms. The molecule has 0 saturated heterocycles. The molecule has 4 rings (SSSR count). The van der Waals surface area contributed by atoms with E-state index < -0.39 is 0 Å². The number of benzene rings is 2. The van der Waals surface area contributed by atoms with Crippen molar-refractivity contribution in [1.82, 2.24) is 0 Å². The molecule has 4 nitrogen and oxygen atoms in total. The van der Waals surface area contributed by atoms with Crippen molar-refractivity contribution in [3.8, 4) is 17.6 Å². The van der Waals surface area contributed by atoms with Gasteiger partial charge in [0.15, 0.2) is 0 Å². The van der Waals surface area contributed by atoms with Crippen LogP contribution < -0.4 is 10.5 Å². The molecule has 5 heteroatoms. The van der Waals surface area contributed by atoms with Crippen LogP contribution in [-0.2, 0) is 0 Å². The lowest BCUT2D eigenvalue weighted by Crippen LogP contribution is -2.21. The first-order valence-electron chi connectivity index (χ1n) is 7.04. The lowest BCUT2D eigenvalue weighted by Gasteiger charge is -2.27. The number of nitriles is 1. The summed E-state index contributed by atoms with van der Waals surface area (Å²) in [5.41, 5.74) is 8.22. The maximum Gasteiger partial charge on any atom is 0.205 e. The minimum atomic E-state index is -0.291. The molecule has 0 saturated carbocycles. The number of nitrogens with two attached hydrogens (primary N) is 1. The fraction of sp³-hybridized carbons (Fsp3) is 0.0556. The number of hydrogen-bond donors (Lipinski definition) is 2. The first-order chi connectivity index (χ1) is 11.2. The Morgan fingerprint density at radius 1 is 1.22 bits per heavy atom. The number of rotatable bonds is 1. The van der Waals surface area contributed by atoms with Crippen molar-refractivity contribution < 1.29 is 9.84 Å². The second-order valence-electron chi connectivity index (χ2n) is 5.36. The van der Waals surface area contributed by atoms with E-state index in [2.05, 4.69) is 6.07 Å². The first-order valence-corrected chi connectivity index (χ1v) is 7.98. The van der Waals surface area contributed by atoms with Crippen molar-refractivity contribution in [3.05, 3.63) is 69.7 Å². The van der Waals surface area contributed by atoms with E-state index in [9.17, 15) is 10.4 Å². The first kappa shape index (κ1) is 13.7. The van der Waals surface area contributed by atoms with Gasteiger partial charge < -0.3 is 15.6 Å². The standard InChI is InChI=1S/C18H12N2O2S/c19-8-14-16(11-5-6-23-9-11)17-13-7-12(21)3-1-10(13)2-4-15(17)22-18(14)20/h1-7,9,16,21H,20H2/t16-/m0/s1. The smallest absolute Gasteiger partial charge is 0.205 e. The topological polar surface area (TPSA) is 79.3 Å². The Hall–Kier alpha value is -2.97. The number of thiophene rings is 1. The maximum atomic E-state index is 9.88. The minimum absolute atomic E-state index is 0.135. The number of phenolic OH excluding ortho intramolecular Hbond substituents is 1. The summed E-state index contributed by atoms with van der Waals surface area (Å²) < 4.78 is 5.67. The number of aromatic hydroxyl groups is 1. The van der Waals surface area contributed by atoms with Gasteiger partial charge in [0.2, 0.25) is 5.88 Å². The van der Waals surface area contributed by atoms with Gasteiger partial charge in [-0.3, -0.25) is 0 Å². The van der Waals surface area contributed by atoms with Crippen LogP contribution >= 0.6 is 11.3 Å². The molecule has 0 bridgehead atoms. The third-order valence-corrected chi connectivity index (χ3v) is 4.77. The molecule has 0 radical (unpaired) electrons. The summed E-state index contributed by atoms with van der Waals surface area (Å²) in [5.74, 6) is 0.642. The SMILES string of the molecule is N#CC1=C(N)Oc2ccc3ccc(O)cc3c2[C@H]1c1ccsc1. The molecule has 3 aromatic rings. The zero-order valence-electron chi connectivity index (χ0n) is 12.0. The molecule has 1 atom stereocenters. The predicted octanol–water partition coefficient (Wildman–Crippen LogP) is 3.83. The molecule has 2 heterocycles. The number of hydrogen-bond acceptors (Lipinski definition) is 5. The highest BCUT2D eigenvalue weighted by molar-refractivity contribution is 7.08. The van der Waals surface area contributed by atoms with Gasteiger partial charge in [-0.15, -0.1) is 0 Å². The Bertz CT molecular complexity index is 984. The molecule has 1 aliphatic heterocycles. The van der Waals surface area contributed by atoms with E-state index in [1.807, 2.05) is 35.0 Å². The molecule has 0 aliphatic carbocycles. The largest absolute Gasteiger partial charge is 0.508 e. The molecule has 3 N–H and O–H groups in total. The summed E-state index contributed by atoms with van der Waals surface area (Å²) in [4.78, 5) is 0. The van der Waals surface area contributed by atoms with Crippen molar-refractivity contribution in [3.63, 3.8) is 0 Å². The van der Waals surface area contributed by atoms with E-state index >= 15 is 0 Å². The molecule has 112 valence electrons. The van der Waals surface area contributed by atoms with Crippen LogP contribution in [0.1, 0.15) is 17.0 Å². The summed E-state index contributed by atoms with van der Waals surface area (Å²) in [7, 11) is 0. The average Bonchev–Trinajstić information content (AvgIpc) is 3.07. The quantitative estimate of drug-likeness (QED) is 0.714. The Morgan fingerprint density at radius 2 is 2.04 bits per heavy atom. The van der Waals surface area contributed by atoms with Gasteiger partial charge >= 0.3 is 0 Å². The van der Waals surface area contributed by atoms with Gasteiger partial charge in [-0.1, -0.05) is 12.1 Å². The van der Waals surface area contributed by atoms with E-state index in [0.29, 0.717) is 11.3 Å². The van der Waals surface area contributed by atoms with Crippen LogP contribution in [0.5, 0.6) is 11.5 Å². The van der Waals surface area contributed by atoms with Crippen LogP contribution in [0.4, 0.5) is 0 Å². The highest BCUT2D eigenvalue weighted by Crippen LogP contribution is 2.46. The van der Waals surface area contributed by atoms with E-state index in [4.69, 9.17) is 10.5 Å². The second-order valence-corrected chi connectivity index (χ2v) is 6.14. The highest BCUT2D eigenvalue weighted by atomic mass is 32.1. The van der Waals surface area contributed by atoms with E-state index in [0.717, 1.165) is 21.9 Å². The van der Waals surface area contributed by atoms with Crippen LogP contribution in [0.3, 0.4) is 0 Å². The highest BCUT2D eigenvalue weighted by Gasteiger charge is 2.32. The number of phenols is 1. The van der Waals surface area contributed by atoms with Crippen molar-refractivity contribution in [2.75, 3.05) is 0 Å². The van der Waals surface area contributed by atoms with Crippen LogP contribution in [0.25, 0.3) is 10.8 Å². The Morgan fingerprint density at radius 3 is 2.78 bits per heavy atom. The van der Waals surface area contributed by atoms with E-state index in [1.165, 1.54) is 0 Å². The molecular formula is C18H12N2O2S. The van der Waals surface area contributed by atoms with Gasteiger partial charge in [-0.2, -0.15) is 16.6 Å². The number of fused-ring (bicyclic) bond motifs is 3. The summed E-state index contributed by atoms with van der Waals surface area (Å²) in [6.45, 7) is 0. The van der Waals surface area contributed by atoms with Gasteiger partial charge in [0.05, 0.1) is 5.92 Å². The van der Waals surface area contributed by atoms with Crippen molar-refractivity contribution in [2.24, 2.45) is 5.73 Å². The summed E-state index contributed by atoms with van der Waals surface area (Å²) in [6.07, 6.45) is 0. The second kappa shape index (κ2) is 5.04. The number of allylic oxidation sites excluding steroid dienone is 1. The number of ether oxygens (including phenoxy) is 1. The third-order valence-electron chi connectivity index (χ3n) is 4.07. The van der Waals surface area contributed by atoms with Crippen molar-refractivity contribution in [1.29, 1.82) is 5.26 Å². The Kier molecular flexibility index (Phi) is 3.00. The number of nitrogens with zero attached hydrogens (tertiary/aromatic N) is 1.